The van der Waals surface area contributed by atoms with Gasteiger partial charge in [0.1, 0.15) is 24.2 Å². The van der Waals surface area contributed by atoms with Crippen molar-refractivity contribution in [3.63, 3.8) is 0 Å². The number of piperazine rings is 1. The molecule has 0 spiro atoms. The minimum absolute atomic E-state index is 0.00813. The third-order valence-electron chi connectivity index (χ3n) is 8.67. The maximum atomic E-state index is 14.3. The fourth-order valence-electron chi connectivity index (χ4n) is 6.97. The zero-order valence-corrected chi connectivity index (χ0v) is 24.1. The molecule has 0 radical (unpaired) electrons. The molecule has 4 aliphatic heterocycles. The molecule has 6 rings (SSSR count). The highest BCUT2D eigenvalue weighted by Crippen LogP contribution is 2.43. The normalized spacial score (nSPS) is 28.4. The summed E-state index contributed by atoms with van der Waals surface area (Å²) in [6, 6.07) is 1.82. The standard InChI is InChI=1S/C28H34ClF4N5O3/c1-26(2,3)41-25(39)38-17-5-6-18(38)14-36(13-17)23-19-9-20(28(31,32)33)21(29)10-22(19)34-24(35-23)40-15-27-7-4-8-37(27)12-16(30)11-27/h9-10,16-18H,4-8,11-15H2,1-3H3/t16-,17?,18?,27+/m1/s1. The Morgan fingerprint density at radius 2 is 1.83 bits per heavy atom. The first kappa shape index (κ1) is 28.5. The Morgan fingerprint density at radius 1 is 1.12 bits per heavy atom. The Hall–Kier alpha value is -2.60. The Kier molecular flexibility index (Phi) is 6.95. The van der Waals surface area contributed by atoms with Gasteiger partial charge < -0.3 is 14.4 Å². The van der Waals surface area contributed by atoms with Crippen LogP contribution in [0.3, 0.4) is 0 Å². The van der Waals surface area contributed by atoms with Gasteiger partial charge in [0.2, 0.25) is 0 Å². The van der Waals surface area contributed by atoms with Crippen LogP contribution in [0.25, 0.3) is 10.9 Å². The second kappa shape index (κ2) is 10.00. The fraction of sp³-hybridized carbons (Fsp3) is 0.679. The molecule has 4 atom stereocenters. The summed E-state index contributed by atoms with van der Waals surface area (Å²) in [7, 11) is 0. The van der Waals surface area contributed by atoms with Gasteiger partial charge in [-0.1, -0.05) is 11.6 Å². The minimum atomic E-state index is -4.66. The van der Waals surface area contributed by atoms with E-state index in [-0.39, 0.29) is 35.6 Å². The first-order valence-corrected chi connectivity index (χ1v) is 14.5. The van der Waals surface area contributed by atoms with Gasteiger partial charge in [-0.3, -0.25) is 9.80 Å². The summed E-state index contributed by atoms with van der Waals surface area (Å²) in [6.45, 7) is 7.52. The second-order valence-electron chi connectivity index (χ2n) is 12.7. The molecule has 4 saturated heterocycles. The molecular weight excluding hydrogens is 566 g/mol. The van der Waals surface area contributed by atoms with Crippen LogP contribution >= 0.6 is 11.6 Å². The molecule has 4 fully saturated rings. The highest BCUT2D eigenvalue weighted by atomic mass is 35.5. The molecule has 8 nitrogen and oxygen atoms in total. The second-order valence-corrected chi connectivity index (χ2v) is 13.1. The van der Waals surface area contributed by atoms with Gasteiger partial charge in [-0.15, -0.1) is 0 Å². The molecular formula is C28H34ClF4N5O3. The monoisotopic (exact) mass is 599 g/mol. The average molecular weight is 600 g/mol. The van der Waals surface area contributed by atoms with E-state index in [1.807, 2.05) is 25.7 Å². The first-order chi connectivity index (χ1) is 19.2. The lowest BCUT2D eigenvalue weighted by molar-refractivity contribution is -0.137. The smallest absolute Gasteiger partial charge is 0.417 e. The number of fused-ring (bicyclic) bond motifs is 4. The van der Waals surface area contributed by atoms with Gasteiger partial charge in [0.15, 0.2) is 0 Å². The van der Waals surface area contributed by atoms with Gasteiger partial charge in [0.25, 0.3) is 0 Å². The summed E-state index contributed by atoms with van der Waals surface area (Å²) in [6.07, 6.45) is -2.39. The van der Waals surface area contributed by atoms with Gasteiger partial charge in [-0.05, 0) is 65.1 Å². The molecule has 4 aliphatic rings. The van der Waals surface area contributed by atoms with Crippen molar-refractivity contribution in [2.45, 2.75) is 88.4 Å². The Balaban J connectivity index is 1.34. The highest BCUT2D eigenvalue weighted by Gasteiger charge is 2.50. The van der Waals surface area contributed by atoms with E-state index >= 15 is 0 Å². The van der Waals surface area contributed by atoms with Gasteiger partial charge in [-0.25, -0.2) is 9.18 Å². The zero-order valence-electron chi connectivity index (χ0n) is 23.3. The predicted octanol–water partition coefficient (Wildman–Crippen LogP) is 5.85. The van der Waals surface area contributed by atoms with Crippen molar-refractivity contribution in [3.05, 3.63) is 22.7 Å². The molecule has 0 aliphatic carbocycles. The van der Waals surface area contributed by atoms with Crippen molar-refractivity contribution in [3.8, 4) is 6.01 Å². The third kappa shape index (κ3) is 5.37. The number of carbonyl (C=O) groups excluding carboxylic acids is 1. The Labute approximate surface area is 240 Å². The van der Waals surface area contributed by atoms with Crippen LogP contribution in [0.2, 0.25) is 5.02 Å². The van der Waals surface area contributed by atoms with E-state index in [0.29, 0.717) is 31.9 Å². The molecule has 2 aromatic rings. The number of aromatic nitrogens is 2. The van der Waals surface area contributed by atoms with Gasteiger partial charge in [0, 0.05) is 31.4 Å². The topological polar surface area (TPSA) is 71.0 Å². The SMILES string of the molecule is CC(C)(C)OC(=O)N1C2CCC1CN(c1nc(OC[C@@]34CCCN3C[C@H](F)C4)nc3cc(Cl)c(C(F)(F)F)cc13)C2. The third-order valence-corrected chi connectivity index (χ3v) is 8.98. The summed E-state index contributed by atoms with van der Waals surface area (Å²) < 4.78 is 67.5. The molecule has 0 saturated carbocycles. The number of anilines is 1. The van der Waals surface area contributed by atoms with E-state index in [0.717, 1.165) is 38.3 Å². The van der Waals surface area contributed by atoms with Crippen LogP contribution in [-0.2, 0) is 10.9 Å². The average Bonchev–Trinajstić information content (AvgIpc) is 3.47. The molecule has 1 amide bonds. The van der Waals surface area contributed by atoms with Gasteiger partial charge in [0.05, 0.1) is 33.7 Å². The van der Waals surface area contributed by atoms with Crippen LogP contribution in [0.5, 0.6) is 6.01 Å². The molecule has 224 valence electrons. The lowest BCUT2D eigenvalue weighted by atomic mass is 9.95. The van der Waals surface area contributed by atoms with E-state index in [2.05, 4.69) is 14.9 Å². The van der Waals surface area contributed by atoms with E-state index in [1.165, 1.54) is 6.07 Å². The molecule has 41 heavy (non-hydrogen) atoms. The quantitative estimate of drug-likeness (QED) is 0.409. The van der Waals surface area contributed by atoms with E-state index in [4.69, 9.17) is 21.1 Å². The number of halogens is 5. The maximum Gasteiger partial charge on any atom is 0.417 e. The van der Waals surface area contributed by atoms with Crippen LogP contribution < -0.4 is 9.64 Å². The molecule has 2 bridgehead atoms. The number of rotatable bonds is 4. The largest absolute Gasteiger partial charge is 0.461 e. The van der Waals surface area contributed by atoms with Crippen molar-refractivity contribution in [1.82, 2.24) is 19.8 Å². The molecule has 13 heteroatoms. The van der Waals surface area contributed by atoms with Crippen molar-refractivity contribution >= 4 is 34.4 Å². The highest BCUT2D eigenvalue weighted by molar-refractivity contribution is 6.32. The zero-order chi connectivity index (χ0) is 29.3. The Morgan fingerprint density at radius 3 is 2.49 bits per heavy atom. The van der Waals surface area contributed by atoms with Crippen LogP contribution in [0.15, 0.2) is 12.1 Å². The maximum absolute atomic E-state index is 14.3. The van der Waals surface area contributed by atoms with Gasteiger partial charge in [-0.2, -0.15) is 23.1 Å². The van der Waals surface area contributed by atoms with E-state index in [9.17, 15) is 22.4 Å². The number of hydrogen-bond donors (Lipinski definition) is 0. The lowest BCUT2D eigenvalue weighted by Crippen LogP contribution is -2.57. The number of hydrogen-bond acceptors (Lipinski definition) is 7. The van der Waals surface area contributed by atoms with E-state index in [1.54, 1.807) is 4.90 Å². The van der Waals surface area contributed by atoms with E-state index < -0.39 is 40.2 Å². The summed E-state index contributed by atoms with van der Waals surface area (Å²) in [5.41, 5.74) is -1.83. The van der Waals surface area contributed by atoms with Crippen molar-refractivity contribution in [2.24, 2.45) is 0 Å². The summed E-state index contributed by atoms with van der Waals surface area (Å²) >= 11 is 6.07. The molecule has 1 aromatic carbocycles. The van der Waals surface area contributed by atoms with Crippen molar-refractivity contribution < 1.29 is 31.8 Å². The van der Waals surface area contributed by atoms with Crippen LogP contribution in [0.1, 0.15) is 58.4 Å². The van der Waals surface area contributed by atoms with Crippen LogP contribution in [0.4, 0.5) is 28.2 Å². The summed E-state index contributed by atoms with van der Waals surface area (Å²) in [4.78, 5) is 27.8. The Bertz CT molecular complexity index is 1340. The van der Waals surface area contributed by atoms with Crippen molar-refractivity contribution in [2.75, 3.05) is 37.7 Å². The van der Waals surface area contributed by atoms with Crippen LogP contribution in [0, 0.1) is 0 Å². The molecule has 0 N–H and O–H groups in total. The predicted molar refractivity (Wildman–Crippen MR) is 145 cm³/mol. The van der Waals surface area contributed by atoms with Gasteiger partial charge >= 0.3 is 18.3 Å². The minimum Gasteiger partial charge on any atom is -0.461 e. The number of ether oxygens (including phenoxy) is 2. The molecule has 5 heterocycles. The molecule has 2 unspecified atom stereocenters. The molecule has 1 aromatic heterocycles. The summed E-state index contributed by atoms with van der Waals surface area (Å²) in [5.74, 6) is 0.295. The fourth-order valence-corrected chi connectivity index (χ4v) is 7.24. The lowest BCUT2D eigenvalue weighted by Gasteiger charge is -2.42. The van der Waals surface area contributed by atoms with Crippen molar-refractivity contribution in [1.29, 1.82) is 0 Å². The number of benzene rings is 1. The first-order valence-electron chi connectivity index (χ1n) is 14.1. The number of nitrogens with zero attached hydrogens (tertiary/aromatic N) is 5. The number of alkyl halides is 4. The number of carbonyl (C=O) groups is 1. The number of amides is 1. The van der Waals surface area contributed by atoms with Crippen LogP contribution in [-0.4, -0.2) is 88.0 Å². The summed E-state index contributed by atoms with van der Waals surface area (Å²) in [5, 5.41) is -0.267.